The lowest BCUT2D eigenvalue weighted by atomic mass is 9.92. The quantitative estimate of drug-likeness (QED) is 0.456. The summed E-state index contributed by atoms with van der Waals surface area (Å²) in [6.45, 7) is 4.44. The van der Waals surface area contributed by atoms with Crippen LogP contribution in [0.2, 0.25) is 5.02 Å². The maximum atomic E-state index is 13.0. The molecule has 1 fully saturated rings. The van der Waals surface area contributed by atoms with Crippen LogP contribution in [0, 0.1) is 0 Å². The minimum absolute atomic E-state index is 0.128. The zero-order valence-electron chi connectivity index (χ0n) is 17.9. The second kappa shape index (κ2) is 9.05. The first-order valence-electron chi connectivity index (χ1n) is 11.5. The number of aryl methyl sites for hydroxylation is 1. The molecular formula is C26H29ClN2O2. The number of piperidine rings is 1. The van der Waals surface area contributed by atoms with Gasteiger partial charge >= 0.3 is 0 Å². The third-order valence-corrected chi connectivity index (χ3v) is 6.88. The van der Waals surface area contributed by atoms with Gasteiger partial charge in [-0.15, -0.1) is 0 Å². The van der Waals surface area contributed by atoms with Gasteiger partial charge in [-0.2, -0.15) is 0 Å². The molecule has 1 atom stereocenters. The van der Waals surface area contributed by atoms with Gasteiger partial charge in [-0.1, -0.05) is 36.2 Å². The van der Waals surface area contributed by atoms with Crippen LogP contribution in [0.4, 0.5) is 0 Å². The molecule has 0 saturated carbocycles. The Morgan fingerprint density at radius 1 is 0.968 bits per heavy atom. The van der Waals surface area contributed by atoms with E-state index in [-0.39, 0.29) is 11.9 Å². The van der Waals surface area contributed by atoms with Crippen molar-refractivity contribution in [3.8, 4) is 5.75 Å². The van der Waals surface area contributed by atoms with E-state index in [0.717, 1.165) is 47.4 Å². The molecule has 0 unspecified atom stereocenters. The van der Waals surface area contributed by atoms with Crippen LogP contribution in [-0.4, -0.2) is 34.9 Å². The largest absolute Gasteiger partial charge is 0.484 e. The maximum absolute atomic E-state index is 13.0. The lowest BCUT2D eigenvalue weighted by Crippen LogP contribution is -2.31. The summed E-state index contributed by atoms with van der Waals surface area (Å²) in [5.41, 5.74) is 3.05. The molecule has 2 heterocycles. The Labute approximate surface area is 188 Å². The lowest BCUT2D eigenvalue weighted by molar-refractivity contribution is 0.0914. The number of hydrogen-bond donors (Lipinski definition) is 0. The first-order chi connectivity index (χ1) is 15.2. The summed E-state index contributed by atoms with van der Waals surface area (Å²) in [5.74, 6) is 1.02. The fourth-order valence-corrected chi connectivity index (χ4v) is 5.27. The average Bonchev–Trinajstić information content (AvgIpc) is 3.13. The van der Waals surface area contributed by atoms with E-state index in [4.69, 9.17) is 16.3 Å². The molecule has 3 aromatic rings. The molecule has 0 radical (unpaired) electrons. The van der Waals surface area contributed by atoms with Crippen LogP contribution in [0.5, 0.6) is 5.75 Å². The van der Waals surface area contributed by atoms with Crippen molar-refractivity contribution in [3.05, 3.63) is 64.8 Å². The number of halogens is 1. The van der Waals surface area contributed by atoms with Crippen molar-refractivity contribution < 1.29 is 9.53 Å². The Morgan fingerprint density at radius 3 is 2.55 bits per heavy atom. The smallest absolute Gasteiger partial charge is 0.165 e. The highest BCUT2D eigenvalue weighted by atomic mass is 35.5. The SMILES string of the molecule is O=C1CC[C@@H](Oc2ccc(Cl)cc2)c2c1c1ccccc1n2CCCN1CCCCC1. The predicted molar refractivity (Wildman–Crippen MR) is 125 cm³/mol. The highest BCUT2D eigenvalue weighted by Gasteiger charge is 2.33. The number of fused-ring (bicyclic) bond motifs is 3. The van der Waals surface area contributed by atoms with Crippen LogP contribution in [0.15, 0.2) is 48.5 Å². The number of Topliss-reactive ketones (excluding diaryl/α,β-unsaturated/α-hetero) is 1. The Hall–Kier alpha value is -2.30. The van der Waals surface area contributed by atoms with Gasteiger partial charge in [-0.05, 0) is 75.6 Å². The molecule has 0 amide bonds. The van der Waals surface area contributed by atoms with Gasteiger partial charge < -0.3 is 14.2 Å². The summed E-state index contributed by atoms with van der Waals surface area (Å²) in [6.07, 6.45) is 6.16. The summed E-state index contributed by atoms with van der Waals surface area (Å²) in [7, 11) is 0. The number of ketones is 1. The van der Waals surface area contributed by atoms with Crippen LogP contribution in [-0.2, 0) is 6.54 Å². The second-order valence-electron chi connectivity index (χ2n) is 8.71. The van der Waals surface area contributed by atoms with E-state index in [9.17, 15) is 4.79 Å². The fourth-order valence-electron chi connectivity index (χ4n) is 5.14. The maximum Gasteiger partial charge on any atom is 0.165 e. The number of ether oxygens (including phenoxy) is 1. The summed E-state index contributed by atoms with van der Waals surface area (Å²) in [5, 5.41) is 1.75. The molecule has 162 valence electrons. The van der Waals surface area contributed by atoms with Crippen molar-refractivity contribution in [1.29, 1.82) is 0 Å². The van der Waals surface area contributed by atoms with Gasteiger partial charge in [0, 0.05) is 28.9 Å². The van der Waals surface area contributed by atoms with E-state index in [0.29, 0.717) is 17.9 Å². The van der Waals surface area contributed by atoms with Crippen molar-refractivity contribution in [2.45, 2.75) is 51.2 Å². The monoisotopic (exact) mass is 436 g/mol. The minimum atomic E-state index is -0.128. The molecule has 31 heavy (non-hydrogen) atoms. The summed E-state index contributed by atoms with van der Waals surface area (Å²) >= 11 is 6.05. The van der Waals surface area contributed by atoms with E-state index in [1.54, 1.807) is 0 Å². The summed E-state index contributed by atoms with van der Waals surface area (Å²) in [6, 6.07) is 15.8. The molecule has 1 aliphatic carbocycles. The fraction of sp³-hybridized carbons (Fsp3) is 0.423. The molecule has 0 N–H and O–H groups in total. The Kier molecular flexibility index (Phi) is 6.02. The molecule has 4 nitrogen and oxygen atoms in total. The van der Waals surface area contributed by atoms with E-state index in [1.165, 1.54) is 32.4 Å². The standard InChI is InChI=1S/C26H29ClN2O2/c27-19-9-11-20(12-10-19)31-24-14-13-23(30)25-21-7-2-3-8-22(21)29(26(24)25)18-6-17-28-15-4-1-5-16-28/h2-3,7-12,24H,1,4-6,13-18H2/t24-/m1/s1. The summed E-state index contributed by atoms with van der Waals surface area (Å²) < 4.78 is 8.76. The molecule has 5 rings (SSSR count). The van der Waals surface area contributed by atoms with Crippen LogP contribution in [0.3, 0.4) is 0 Å². The number of carbonyl (C=O) groups is 1. The molecule has 1 saturated heterocycles. The normalized spacial score (nSPS) is 19.5. The van der Waals surface area contributed by atoms with Gasteiger partial charge in [0.1, 0.15) is 11.9 Å². The van der Waals surface area contributed by atoms with Crippen LogP contribution >= 0.6 is 11.6 Å². The Morgan fingerprint density at radius 2 is 1.74 bits per heavy atom. The number of rotatable bonds is 6. The molecule has 2 aliphatic rings. The van der Waals surface area contributed by atoms with Crippen LogP contribution in [0.25, 0.3) is 10.9 Å². The number of likely N-dealkylation sites (tertiary alicyclic amines) is 1. The molecule has 0 bridgehead atoms. The van der Waals surface area contributed by atoms with E-state index >= 15 is 0 Å². The Bertz CT molecular complexity index is 1070. The number of nitrogens with zero attached hydrogens (tertiary/aromatic N) is 2. The predicted octanol–water partition coefficient (Wildman–Crippen LogP) is 6.27. The molecule has 0 spiro atoms. The first-order valence-corrected chi connectivity index (χ1v) is 11.9. The lowest BCUT2D eigenvalue weighted by Gasteiger charge is -2.28. The molecular weight excluding hydrogens is 408 g/mol. The van der Waals surface area contributed by atoms with Gasteiger partial charge in [0.25, 0.3) is 0 Å². The van der Waals surface area contributed by atoms with E-state index in [1.807, 2.05) is 30.3 Å². The van der Waals surface area contributed by atoms with Crippen molar-refractivity contribution in [3.63, 3.8) is 0 Å². The van der Waals surface area contributed by atoms with E-state index in [2.05, 4.69) is 27.7 Å². The molecule has 2 aromatic carbocycles. The number of carbonyl (C=O) groups excluding carboxylic acids is 1. The van der Waals surface area contributed by atoms with Crippen LogP contribution < -0.4 is 4.74 Å². The van der Waals surface area contributed by atoms with Crippen molar-refractivity contribution in [1.82, 2.24) is 9.47 Å². The number of benzene rings is 2. The zero-order valence-corrected chi connectivity index (χ0v) is 18.6. The topological polar surface area (TPSA) is 34.5 Å². The molecule has 1 aliphatic heterocycles. The van der Waals surface area contributed by atoms with Crippen molar-refractivity contribution in [2.75, 3.05) is 19.6 Å². The van der Waals surface area contributed by atoms with E-state index < -0.39 is 0 Å². The first kappa shape index (κ1) is 20.6. The van der Waals surface area contributed by atoms with Gasteiger partial charge in [0.15, 0.2) is 5.78 Å². The highest BCUT2D eigenvalue weighted by Crippen LogP contribution is 2.40. The number of hydrogen-bond acceptors (Lipinski definition) is 3. The highest BCUT2D eigenvalue weighted by molar-refractivity contribution is 6.30. The summed E-state index contributed by atoms with van der Waals surface area (Å²) in [4.78, 5) is 15.6. The van der Waals surface area contributed by atoms with Gasteiger partial charge in [0.2, 0.25) is 0 Å². The average molecular weight is 437 g/mol. The van der Waals surface area contributed by atoms with Gasteiger partial charge in [0.05, 0.1) is 11.3 Å². The molecule has 5 heteroatoms. The van der Waals surface area contributed by atoms with Crippen LogP contribution in [0.1, 0.15) is 60.7 Å². The minimum Gasteiger partial charge on any atom is -0.484 e. The third-order valence-electron chi connectivity index (χ3n) is 6.63. The van der Waals surface area contributed by atoms with Gasteiger partial charge in [-0.3, -0.25) is 4.79 Å². The molecule has 1 aromatic heterocycles. The third kappa shape index (κ3) is 4.24. The van der Waals surface area contributed by atoms with Crippen molar-refractivity contribution >= 4 is 28.3 Å². The van der Waals surface area contributed by atoms with Crippen molar-refractivity contribution in [2.24, 2.45) is 0 Å². The van der Waals surface area contributed by atoms with Gasteiger partial charge in [-0.25, -0.2) is 0 Å². The second-order valence-corrected chi connectivity index (χ2v) is 9.14. The number of aromatic nitrogens is 1. The number of para-hydroxylation sites is 1. The Balaban J connectivity index is 1.47. The zero-order chi connectivity index (χ0) is 21.2.